The third-order valence-corrected chi connectivity index (χ3v) is 4.69. The van der Waals surface area contributed by atoms with E-state index in [0.29, 0.717) is 11.8 Å². The van der Waals surface area contributed by atoms with Gasteiger partial charge in [0.25, 0.3) is 0 Å². The number of nitrogens with one attached hydrogen (secondary N) is 1. The van der Waals surface area contributed by atoms with Crippen LogP contribution < -0.4 is 5.32 Å². The molecule has 2 amide bonds. The maximum atomic E-state index is 12.3. The Morgan fingerprint density at radius 2 is 2.09 bits per heavy atom. The van der Waals surface area contributed by atoms with E-state index in [0.717, 1.165) is 45.8 Å². The van der Waals surface area contributed by atoms with E-state index < -0.39 is 0 Å². The molecule has 5 heteroatoms. The second-order valence-corrected chi connectivity index (χ2v) is 7.17. The highest BCUT2D eigenvalue weighted by molar-refractivity contribution is 5.74. The molecule has 1 N–H and O–H groups in total. The third-order valence-electron chi connectivity index (χ3n) is 4.69. The number of nitrogens with zero attached hydrogens (tertiary/aromatic N) is 2. The fraction of sp³-hybridized carbons (Fsp3) is 0.941. The van der Waals surface area contributed by atoms with Gasteiger partial charge < -0.3 is 19.9 Å². The first-order chi connectivity index (χ1) is 10.6. The number of carbonyl (C=O) groups is 1. The maximum Gasteiger partial charge on any atom is 0.317 e. The lowest BCUT2D eigenvalue weighted by molar-refractivity contribution is 0.0435. The fourth-order valence-electron chi connectivity index (χ4n) is 3.33. The zero-order valence-corrected chi connectivity index (χ0v) is 14.5. The predicted molar refractivity (Wildman–Crippen MR) is 89.0 cm³/mol. The summed E-state index contributed by atoms with van der Waals surface area (Å²) in [5, 5.41) is 3.13. The molecule has 0 bridgehead atoms. The van der Waals surface area contributed by atoms with Crippen LogP contribution in [0.15, 0.2) is 0 Å². The number of likely N-dealkylation sites (tertiary alicyclic amines) is 2. The highest BCUT2D eigenvalue weighted by atomic mass is 16.5. The van der Waals surface area contributed by atoms with Crippen molar-refractivity contribution >= 4 is 6.03 Å². The molecule has 2 rings (SSSR count). The Hall–Kier alpha value is -0.810. The molecule has 2 aliphatic rings. The normalized spacial score (nSPS) is 26.6. The predicted octanol–water partition coefficient (Wildman–Crippen LogP) is 2.17. The van der Waals surface area contributed by atoms with Gasteiger partial charge in [0.2, 0.25) is 0 Å². The number of amides is 2. The van der Waals surface area contributed by atoms with E-state index in [1.54, 1.807) is 0 Å². The molecule has 0 aromatic heterocycles. The summed E-state index contributed by atoms with van der Waals surface area (Å²) in [5.41, 5.74) is 0. The molecular weight excluding hydrogens is 278 g/mol. The number of urea groups is 1. The number of piperidine rings is 1. The van der Waals surface area contributed by atoms with Gasteiger partial charge in [-0.2, -0.15) is 0 Å². The van der Waals surface area contributed by atoms with Crippen molar-refractivity contribution in [2.75, 3.05) is 45.9 Å². The molecule has 0 aliphatic carbocycles. The van der Waals surface area contributed by atoms with E-state index in [2.05, 4.69) is 31.0 Å². The van der Waals surface area contributed by atoms with Crippen LogP contribution in [0.5, 0.6) is 0 Å². The van der Waals surface area contributed by atoms with Crippen molar-refractivity contribution in [1.82, 2.24) is 15.1 Å². The molecule has 5 nitrogen and oxygen atoms in total. The summed E-state index contributed by atoms with van der Waals surface area (Å²) in [7, 11) is 0. The second-order valence-electron chi connectivity index (χ2n) is 7.17. The highest BCUT2D eigenvalue weighted by Gasteiger charge is 2.27. The van der Waals surface area contributed by atoms with E-state index in [4.69, 9.17) is 4.74 Å². The van der Waals surface area contributed by atoms with Gasteiger partial charge in [-0.3, -0.25) is 0 Å². The van der Waals surface area contributed by atoms with Crippen LogP contribution in [0.3, 0.4) is 0 Å². The Labute approximate surface area is 135 Å². The fourth-order valence-corrected chi connectivity index (χ4v) is 3.33. The third kappa shape index (κ3) is 5.43. The van der Waals surface area contributed by atoms with E-state index in [9.17, 15) is 4.79 Å². The van der Waals surface area contributed by atoms with Crippen LogP contribution in [0.1, 0.15) is 40.0 Å². The largest absolute Gasteiger partial charge is 0.376 e. The van der Waals surface area contributed by atoms with Crippen LogP contribution in [0, 0.1) is 11.8 Å². The van der Waals surface area contributed by atoms with E-state index >= 15 is 0 Å². The highest BCUT2D eigenvalue weighted by Crippen LogP contribution is 2.16. The first-order valence-electron chi connectivity index (χ1n) is 8.95. The number of hydrogen-bond donors (Lipinski definition) is 1. The van der Waals surface area contributed by atoms with Gasteiger partial charge in [0.15, 0.2) is 0 Å². The average Bonchev–Trinajstić information content (AvgIpc) is 3.00. The molecule has 128 valence electrons. The van der Waals surface area contributed by atoms with Crippen molar-refractivity contribution in [2.45, 2.75) is 46.1 Å². The average molecular weight is 311 g/mol. The smallest absolute Gasteiger partial charge is 0.317 e. The Bertz CT molecular complexity index is 349. The van der Waals surface area contributed by atoms with Crippen molar-refractivity contribution in [1.29, 1.82) is 0 Å². The SMILES string of the molecule is CCN1CCCC(CNC(=O)N2CCC(OCC(C)C)C2)C1. The van der Waals surface area contributed by atoms with Gasteiger partial charge in [-0.1, -0.05) is 20.8 Å². The Morgan fingerprint density at radius 3 is 2.82 bits per heavy atom. The maximum absolute atomic E-state index is 12.3. The number of carbonyl (C=O) groups excluding carboxylic acids is 1. The Balaban J connectivity index is 1.65. The van der Waals surface area contributed by atoms with Crippen LogP contribution in [0.4, 0.5) is 4.79 Å². The number of ether oxygens (including phenoxy) is 1. The van der Waals surface area contributed by atoms with Gasteiger partial charge in [-0.25, -0.2) is 4.79 Å². The molecule has 2 aliphatic heterocycles. The van der Waals surface area contributed by atoms with Crippen LogP contribution >= 0.6 is 0 Å². The summed E-state index contributed by atoms with van der Waals surface area (Å²) in [6.45, 7) is 13.1. The van der Waals surface area contributed by atoms with Crippen LogP contribution in [0.25, 0.3) is 0 Å². The molecule has 2 atom stereocenters. The van der Waals surface area contributed by atoms with Gasteiger partial charge in [0.05, 0.1) is 6.10 Å². The standard InChI is InChI=1S/C17H33N3O2/c1-4-19-8-5-6-15(11-19)10-18-17(21)20-9-7-16(12-20)22-13-14(2)3/h14-16H,4-13H2,1-3H3,(H,18,21). The van der Waals surface area contributed by atoms with Crippen molar-refractivity contribution in [3.8, 4) is 0 Å². The molecule has 0 radical (unpaired) electrons. The second kappa shape index (κ2) is 8.73. The van der Waals surface area contributed by atoms with Gasteiger partial charge in [-0.15, -0.1) is 0 Å². The topological polar surface area (TPSA) is 44.8 Å². The van der Waals surface area contributed by atoms with Crippen molar-refractivity contribution < 1.29 is 9.53 Å². The minimum Gasteiger partial charge on any atom is -0.376 e. The quantitative estimate of drug-likeness (QED) is 0.818. The number of hydrogen-bond acceptors (Lipinski definition) is 3. The minimum atomic E-state index is 0.0873. The van der Waals surface area contributed by atoms with Crippen LogP contribution in [-0.2, 0) is 4.74 Å². The molecule has 2 unspecified atom stereocenters. The monoisotopic (exact) mass is 311 g/mol. The van der Waals surface area contributed by atoms with Crippen molar-refractivity contribution in [3.05, 3.63) is 0 Å². The summed E-state index contributed by atoms with van der Waals surface area (Å²) < 4.78 is 5.84. The van der Waals surface area contributed by atoms with Gasteiger partial charge in [0.1, 0.15) is 0 Å². The molecule has 2 fully saturated rings. The first kappa shape index (κ1) is 17.5. The first-order valence-corrected chi connectivity index (χ1v) is 8.95. The summed E-state index contributed by atoms with van der Waals surface area (Å²) in [5.74, 6) is 1.16. The summed E-state index contributed by atoms with van der Waals surface area (Å²) >= 11 is 0. The number of rotatable bonds is 6. The van der Waals surface area contributed by atoms with Crippen molar-refractivity contribution in [2.24, 2.45) is 11.8 Å². The molecular formula is C17H33N3O2. The lowest BCUT2D eigenvalue weighted by Crippen LogP contribution is -2.44. The Morgan fingerprint density at radius 1 is 1.27 bits per heavy atom. The van der Waals surface area contributed by atoms with Gasteiger partial charge in [-0.05, 0) is 44.2 Å². The molecule has 2 heterocycles. The van der Waals surface area contributed by atoms with Gasteiger partial charge >= 0.3 is 6.03 Å². The van der Waals surface area contributed by atoms with E-state index in [1.807, 2.05) is 4.90 Å². The lowest BCUT2D eigenvalue weighted by Gasteiger charge is -2.32. The summed E-state index contributed by atoms with van der Waals surface area (Å²) in [6, 6.07) is 0.0873. The van der Waals surface area contributed by atoms with Crippen LogP contribution in [0.2, 0.25) is 0 Å². The minimum absolute atomic E-state index is 0.0873. The molecule has 0 spiro atoms. The zero-order chi connectivity index (χ0) is 15.9. The summed E-state index contributed by atoms with van der Waals surface area (Å²) in [4.78, 5) is 16.7. The molecule has 22 heavy (non-hydrogen) atoms. The van der Waals surface area contributed by atoms with E-state index in [-0.39, 0.29) is 12.1 Å². The molecule has 0 aromatic carbocycles. The molecule has 2 saturated heterocycles. The molecule has 0 saturated carbocycles. The van der Waals surface area contributed by atoms with Crippen molar-refractivity contribution in [3.63, 3.8) is 0 Å². The lowest BCUT2D eigenvalue weighted by atomic mass is 9.98. The van der Waals surface area contributed by atoms with Crippen LogP contribution in [-0.4, -0.2) is 67.8 Å². The van der Waals surface area contributed by atoms with E-state index in [1.165, 1.54) is 19.4 Å². The van der Waals surface area contributed by atoms with Gasteiger partial charge in [0, 0.05) is 32.8 Å². The zero-order valence-electron chi connectivity index (χ0n) is 14.5. The Kier molecular flexibility index (Phi) is 6.96. The molecule has 0 aromatic rings. The summed E-state index contributed by atoms with van der Waals surface area (Å²) in [6.07, 6.45) is 3.67.